The number of nitrogen functional groups attached to an aromatic ring is 1. The minimum absolute atomic E-state index is 0.590. The molecule has 0 radical (unpaired) electrons. The third-order valence-electron chi connectivity index (χ3n) is 2.67. The summed E-state index contributed by atoms with van der Waals surface area (Å²) in [5.41, 5.74) is 8.38. The fraction of sp³-hybridized carbons (Fsp3) is 0.250. The van der Waals surface area contributed by atoms with Gasteiger partial charge in [-0.3, -0.25) is 4.68 Å². The van der Waals surface area contributed by atoms with Gasteiger partial charge in [0, 0.05) is 11.3 Å². The Morgan fingerprint density at radius 3 is 2.82 bits per heavy atom. The van der Waals surface area contributed by atoms with Gasteiger partial charge in [0.1, 0.15) is 5.75 Å². The highest BCUT2D eigenvalue weighted by Crippen LogP contribution is 2.23. The summed E-state index contributed by atoms with van der Waals surface area (Å²) < 4.78 is 7.11. The van der Waals surface area contributed by atoms with Crippen LogP contribution in [0.4, 0.5) is 5.69 Å². The molecule has 2 N–H and O–H groups in total. The summed E-state index contributed by atoms with van der Waals surface area (Å²) in [6.07, 6.45) is 1.63. The largest absolute Gasteiger partial charge is 0.496 e. The molecule has 1 heterocycles. The van der Waals surface area contributed by atoms with Crippen molar-refractivity contribution in [1.29, 1.82) is 0 Å². The van der Waals surface area contributed by atoms with Gasteiger partial charge in [0.05, 0.1) is 30.6 Å². The molecule has 0 unspecified atom stereocenters. The molecular formula is C12H14ClN3O. The predicted molar refractivity (Wildman–Crippen MR) is 68.5 cm³/mol. The van der Waals surface area contributed by atoms with Crippen molar-refractivity contribution in [2.45, 2.75) is 13.5 Å². The highest BCUT2D eigenvalue weighted by Gasteiger charge is 2.08. The van der Waals surface area contributed by atoms with Crippen LogP contribution in [0, 0.1) is 6.92 Å². The molecule has 2 rings (SSSR count). The van der Waals surface area contributed by atoms with Gasteiger partial charge in [0.2, 0.25) is 0 Å². The van der Waals surface area contributed by atoms with Crippen LogP contribution in [0.5, 0.6) is 5.75 Å². The lowest BCUT2D eigenvalue weighted by Gasteiger charge is -2.10. The number of hydrogen-bond acceptors (Lipinski definition) is 3. The van der Waals surface area contributed by atoms with Crippen molar-refractivity contribution in [3.05, 3.63) is 40.7 Å². The van der Waals surface area contributed by atoms with Crippen LogP contribution in [0.2, 0.25) is 5.02 Å². The monoisotopic (exact) mass is 251 g/mol. The smallest absolute Gasteiger partial charge is 0.124 e. The molecule has 17 heavy (non-hydrogen) atoms. The van der Waals surface area contributed by atoms with Gasteiger partial charge in [-0.25, -0.2) is 0 Å². The maximum Gasteiger partial charge on any atom is 0.124 e. The second kappa shape index (κ2) is 4.67. The van der Waals surface area contributed by atoms with Crippen LogP contribution >= 0.6 is 11.6 Å². The van der Waals surface area contributed by atoms with Crippen molar-refractivity contribution < 1.29 is 4.74 Å². The maximum absolute atomic E-state index is 5.96. The minimum atomic E-state index is 0.590. The second-order valence-electron chi connectivity index (χ2n) is 3.81. The molecule has 4 nitrogen and oxygen atoms in total. The Kier molecular flexibility index (Phi) is 3.24. The molecule has 2 aromatic rings. The van der Waals surface area contributed by atoms with Crippen LogP contribution in [0.15, 0.2) is 24.4 Å². The standard InChI is InChI=1S/C12H14ClN3O/c1-8-11(13)6-15-16(8)7-9-5-10(14)3-4-12(9)17-2/h3-6H,7,14H2,1-2H3. The molecule has 0 fully saturated rings. The van der Waals surface area contributed by atoms with Crippen molar-refractivity contribution in [2.75, 3.05) is 12.8 Å². The van der Waals surface area contributed by atoms with Crippen molar-refractivity contribution in [2.24, 2.45) is 0 Å². The molecule has 0 aliphatic carbocycles. The summed E-state index contributed by atoms with van der Waals surface area (Å²) in [4.78, 5) is 0. The number of nitrogens with zero attached hydrogens (tertiary/aromatic N) is 2. The number of ether oxygens (including phenoxy) is 1. The van der Waals surface area contributed by atoms with Gasteiger partial charge < -0.3 is 10.5 Å². The Hall–Kier alpha value is -1.68. The van der Waals surface area contributed by atoms with E-state index in [0.717, 1.165) is 17.0 Å². The number of anilines is 1. The zero-order valence-corrected chi connectivity index (χ0v) is 10.5. The average molecular weight is 252 g/mol. The van der Waals surface area contributed by atoms with E-state index in [0.29, 0.717) is 17.3 Å². The number of benzene rings is 1. The normalized spacial score (nSPS) is 10.5. The van der Waals surface area contributed by atoms with E-state index in [-0.39, 0.29) is 0 Å². The number of halogens is 1. The zero-order valence-electron chi connectivity index (χ0n) is 9.77. The number of rotatable bonds is 3. The van der Waals surface area contributed by atoms with Crippen molar-refractivity contribution >= 4 is 17.3 Å². The first-order chi connectivity index (χ1) is 8.11. The van der Waals surface area contributed by atoms with Gasteiger partial charge in [-0.2, -0.15) is 5.10 Å². The number of methoxy groups -OCH3 is 1. The van der Waals surface area contributed by atoms with Gasteiger partial charge in [0.25, 0.3) is 0 Å². The van der Waals surface area contributed by atoms with Crippen LogP contribution in [0.25, 0.3) is 0 Å². The summed E-state index contributed by atoms with van der Waals surface area (Å²) in [7, 11) is 1.64. The fourth-order valence-electron chi connectivity index (χ4n) is 1.67. The van der Waals surface area contributed by atoms with Gasteiger partial charge in [-0.1, -0.05) is 11.6 Å². The third-order valence-corrected chi connectivity index (χ3v) is 3.04. The molecule has 1 aromatic heterocycles. The lowest BCUT2D eigenvalue weighted by Crippen LogP contribution is -2.05. The van der Waals surface area contributed by atoms with Gasteiger partial charge in [-0.05, 0) is 25.1 Å². The van der Waals surface area contributed by atoms with Gasteiger partial charge >= 0.3 is 0 Å². The molecule has 0 bridgehead atoms. The Bertz CT molecular complexity index is 537. The molecular weight excluding hydrogens is 238 g/mol. The Balaban J connectivity index is 2.35. The molecule has 0 aliphatic heterocycles. The summed E-state index contributed by atoms with van der Waals surface area (Å²) in [5.74, 6) is 0.797. The lowest BCUT2D eigenvalue weighted by molar-refractivity contribution is 0.407. The lowest BCUT2D eigenvalue weighted by atomic mass is 10.2. The number of nitrogens with two attached hydrogens (primary N) is 1. The van der Waals surface area contributed by atoms with Crippen molar-refractivity contribution in [1.82, 2.24) is 9.78 Å². The van der Waals surface area contributed by atoms with Gasteiger partial charge in [0.15, 0.2) is 0 Å². The van der Waals surface area contributed by atoms with Crippen LogP contribution in [0.1, 0.15) is 11.3 Å². The molecule has 0 atom stereocenters. The maximum atomic E-state index is 5.96. The van der Waals surface area contributed by atoms with E-state index in [4.69, 9.17) is 22.1 Å². The highest BCUT2D eigenvalue weighted by atomic mass is 35.5. The summed E-state index contributed by atoms with van der Waals surface area (Å²) in [6.45, 7) is 2.51. The topological polar surface area (TPSA) is 53.1 Å². The summed E-state index contributed by atoms with van der Waals surface area (Å²) in [6, 6.07) is 5.55. The van der Waals surface area contributed by atoms with E-state index < -0.39 is 0 Å². The first-order valence-corrected chi connectivity index (χ1v) is 5.60. The van der Waals surface area contributed by atoms with E-state index in [2.05, 4.69) is 5.10 Å². The Morgan fingerprint density at radius 1 is 1.47 bits per heavy atom. The summed E-state index contributed by atoms with van der Waals surface area (Å²) >= 11 is 5.96. The quantitative estimate of drug-likeness (QED) is 0.853. The zero-order chi connectivity index (χ0) is 12.4. The van der Waals surface area contributed by atoms with Crippen LogP contribution in [-0.4, -0.2) is 16.9 Å². The van der Waals surface area contributed by atoms with Gasteiger partial charge in [-0.15, -0.1) is 0 Å². The van der Waals surface area contributed by atoms with E-state index in [9.17, 15) is 0 Å². The van der Waals surface area contributed by atoms with E-state index >= 15 is 0 Å². The van der Waals surface area contributed by atoms with Crippen molar-refractivity contribution in [3.8, 4) is 5.75 Å². The first-order valence-electron chi connectivity index (χ1n) is 5.22. The highest BCUT2D eigenvalue weighted by molar-refractivity contribution is 6.31. The SMILES string of the molecule is COc1ccc(N)cc1Cn1ncc(Cl)c1C. The minimum Gasteiger partial charge on any atom is -0.496 e. The summed E-state index contributed by atoms with van der Waals surface area (Å²) in [5, 5.41) is 4.86. The predicted octanol–water partition coefficient (Wildman–Crippen LogP) is 2.48. The molecule has 0 saturated carbocycles. The molecule has 0 amide bonds. The number of aromatic nitrogens is 2. The van der Waals surface area contributed by atoms with E-state index in [1.54, 1.807) is 13.3 Å². The van der Waals surface area contributed by atoms with E-state index in [1.807, 2.05) is 29.8 Å². The first kappa shape index (κ1) is 11.8. The fourth-order valence-corrected chi connectivity index (χ4v) is 1.81. The van der Waals surface area contributed by atoms with Crippen molar-refractivity contribution in [3.63, 3.8) is 0 Å². The Morgan fingerprint density at radius 2 is 2.24 bits per heavy atom. The molecule has 0 spiro atoms. The third kappa shape index (κ3) is 2.36. The molecule has 0 aliphatic rings. The average Bonchev–Trinajstić information content (AvgIpc) is 2.61. The van der Waals surface area contributed by atoms with Crippen LogP contribution in [0.3, 0.4) is 0 Å². The number of hydrogen-bond donors (Lipinski definition) is 1. The Labute approximate surface area is 105 Å². The van der Waals surface area contributed by atoms with Crippen LogP contribution < -0.4 is 10.5 Å². The molecule has 0 saturated heterocycles. The molecule has 1 aromatic carbocycles. The molecule has 5 heteroatoms. The molecule has 90 valence electrons. The van der Waals surface area contributed by atoms with Crippen LogP contribution in [-0.2, 0) is 6.54 Å². The van der Waals surface area contributed by atoms with E-state index in [1.165, 1.54) is 0 Å². The second-order valence-corrected chi connectivity index (χ2v) is 4.21.